The number of phenolic OH excluding ortho intramolecular Hbond substituents is 1. The molecule has 0 aliphatic heterocycles. The van der Waals surface area contributed by atoms with Gasteiger partial charge in [0, 0.05) is 19.3 Å². The highest BCUT2D eigenvalue weighted by atomic mass is 31.2. The number of ether oxygens (including phenoxy) is 3. The summed E-state index contributed by atoms with van der Waals surface area (Å²) in [6.07, 6.45) is 28.7. The number of unbranched alkanes of at least 4 members (excludes halogenated alkanes) is 5. The first-order valence-electron chi connectivity index (χ1n) is 18.5. The Balaban J connectivity index is 1.37. The van der Waals surface area contributed by atoms with E-state index in [0.717, 1.165) is 58.5 Å². The Morgan fingerprint density at radius 2 is 1.19 bits per heavy atom. The van der Waals surface area contributed by atoms with E-state index < -0.39 is 7.26 Å². The fourth-order valence-electron chi connectivity index (χ4n) is 8.74. The number of hydrogen-bond acceptors (Lipinski definition) is 4. The SMILES string of the molecule is CCOC(OCC)[Si]CCCCCCCCOc1ccc(O)cc1[P+](C1CCCCC1)(C1CCCCC1)C1CCCCC1. The van der Waals surface area contributed by atoms with E-state index in [4.69, 9.17) is 14.2 Å². The van der Waals surface area contributed by atoms with Crippen LogP contribution in [0.15, 0.2) is 18.2 Å². The van der Waals surface area contributed by atoms with Crippen molar-refractivity contribution in [3.63, 3.8) is 0 Å². The van der Waals surface area contributed by atoms with Gasteiger partial charge in [-0.1, -0.05) is 57.4 Å². The molecular formula is C37H64O4PSi+. The largest absolute Gasteiger partial charge is 0.508 e. The minimum atomic E-state index is -1.54. The van der Waals surface area contributed by atoms with E-state index in [1.54, 1.807) is 0 Å². The summed E-state index contributed by atoms with van der Waals surface area (Å²) in [7, 11) is -0.785. The van der Waals surface area contributed by atoms with Crippen molar-refractivity contribution in [2.45, 2.75) is 178 Å². The Kier molecular flexibility index (Phi) is 16.2. The molecule has 43 heavy (non-hydrogen) atoms. The highest BCUT2D eigenvalue weighted by molar-refractivity contribution is 7.85. The van der Waals surface area contributed by atoms with Gasteiger partial charge >= 0.3 is 0 Å². The van der Waals surface area contributed by atoms with Crippen LogP contribution in [0.2, 0.25) is 6.04 Å². The third-order valence-electron chi connectivity index (χ3n) is 10.7. The van der Waals surface area contributed by atoms with Crippen LogP contribution in [0, 0.1) is 0 Å². The molecule has 3 aliphatic rings. The summed E-state index contributed by atoms with van der Waals surface area (Å²) in [6.45, 7) is 6.37. The van der Waals surface area contributed by atoms with Crippen molar-refractivity contribution in [2.24, 2.45) is 0 Å². The summed E-state index contributed by atoms with van der Waals surface area (Å²) in [6, 6.07) is 7.50. The number of benzene rings is 1. The fourth-order valence-corrected chi connectivity index (χ4v) is 17.5. The van der Waals surface area contributed by atoms with Crippen LogP contribution in [0.1, 0.15) is 149 Å². The molecule has 3 aliphatic carbocycles. The molecule has 3 fully saturated rings. The van der Waals surface area contributed by atoms with Gasteiger partial charge in [-0.05, 0) is 109 Å². The molecule has 0 saturated heterocycles. The van der Waals surface area contributed by atoms with E-state index in [2.05, 4.69) is 12.1 Å². The summed E-state index contributed by atoms with van der Waals surface area (Å²) in [5, 5.41) is 12.5. The second kappa shape index (κ2) is 19.8. The van der Waals surface area contributed by atoms with Gasteiger partial charge in [-0.15, -0.1) is 0 Å². The molecule has 6 heteroatoms. The fraction of sp³-hybridized carbons (Fsp3) is 0.838. The summed E-state index contributed by atoms with van der Waals surface area (Å²) >= 11 is 0. The maximum absolute atomic E-state index is 11.0. The number of aromatic hydroxyl groups is 1. The van der Waals surface area contributed by atoms with E-state index in [-0.39, 0.29) is 5.91 Å². The van der Waals surface area contributed by atoms with Crippen molar-refractivity contribution in [1.82, 2.24) is 0 Å². The van der Waals surface area contributed by atoms with Crippen LogP contribution in [-0.4, -0.2) is 57.3 Å². The van der Waals surface area contributed by atoms with Gasteiger partial charge in [0.25, 0.3) is 0 Å². The summed E-state index contributed by atoms with van der Waals surface area (Å²) < 4.78 is 18.2. The van der Waals surface area contributed by atoms with Crippen molar-refractivity contribution in [1.29, 1.82) is 0 Å². The Morgan fingerprint density at radius 3 is 1.70 bits per heavy atom. The van der Waals surface area contributed by atoms with E-state index in [1.807, 2.05) is 19.9 Å². The van der Waals surface area contributed by atoms with Crippen LogP contribution < -0.4 is 10.0 Å². The average Bonchev–Trinajstić information content (AvgIpc) is 3.05. The second-order valence-electron chi connectivity index (χ2n) is 13.5. The van der Waals surface area contributed by atoms with Crippen molar-refractivity contribution >= 4 is 22.1 Å². The molecule has 1 N–H and O–H groups in total. The van der Waals surface area contributed by atoms with Crippen molar-refractivity contribution < 1.29 is 19.3 Å². The van der Waals surface area contributed by atoms with Gasteiger partial charge in [0.05, 0.1) is 30.8 Å². The van der Waals surface area contributed by atoms with Crippen LogP contribution in [0.5, 0.6) is 11.5 Å². The minimum absolute atomic E-state index is 0.00691. The second-order valence-corrected chi connectivity index (χ2v) is 19.2. The first-order valence-corrected chi connectivity index (χ1v) is 21.8. The summed E-state index contributed by atoms with van der Waals surface area (Å²) in [4.78, 5) is 0. The zero-order chi connectivity index (χ0) is 30.2. The number of hydrogen-bond donors (Lipinski definition) is 1. The Labute approximate surface area is 268 Å². The van der Waals surface area contributed by atoms with Crippen molar-refractivity contribution in [3.05, 3.63) is 18.2 Å². The highest BCUT2D eigenvalue weighted by Crippen LogP contribution is 2.77. The average molecular weight is 632 g/mol. The van der Waals surface area contributed by atoms with Crippen LogP contribution in [0.4, 0.5) is 0 Å². The van der Waals surface area contributed by atoms with Gasteiger partial charge in [-0.2, -0.15) is 0 Å². The molecule has 3 saturated carbocycles. The predicted molar refractivity (Wildman–Crippen MR) is 186 cm³/mol. The van der Waals surface area contributed by atoms with Gasteiger partial charge < -0.3 is 19.3 Å². The van der Waals surface area contributed by atoms with E-state index >= 15 is 0 Å². The van der Waals surface area contributed by atoms with Crippen molar-refractivity contribution in [3.8, 4) is 11.5 Å². The highest BCUT2D eigenvalue weighted by Gasteiger charge is 2.60. The minimum Gasteiger partial charge on any atom is -0.508 e. The van der Waals surface area contributed by atoms with Gasteiger partial charge in [0.1, 0.15) is 26.5 Å². The Bertz CT molecular complexity index is 828. The molecule has 0 aromatic heterocycles. The lowest BCUT2D eigenvalue weighted by molar-refractivity contribution is -0.0827. The standard InChI is InChI=1S/C37H63O4PSi/c1-3-39-37(40-4-2)43-29-19-8-6-5-7-18-28-41-35-27-26-31(38)30-36(35)42(32-20-12-9-13-21-32,33-22-14-10-15-23-33)34-24-16-11-17-25-34/h26-27,30,32-34,37H,3-25,28-29H2,1-2H3/p+1. The molecule has 4 rings (SSSR count). The first kappa shape index (κ1) is 35.2. The molecule has 1 aromatic rings. The molecule has 0 spiro atoms. The predicted octanol–water partition coefficient (Wildman–Crippen LogP) is 10.2. The van der Waals surface area contributed by atoms with E-state index in [1.165, 1.54) is 140 Å². The lowest BCUT2D eigenvalue weighted by atomic mass is 9.99. The zero-order valence-corrected chi connectivity index (χ0v) is 29.7. The Hall–Kier alpha value is -0.613. The molecule has 0 amide bonds. The van der Waals surface area contributed by atoms with Crippen LogP contribution in [-0.2, 0) is 9.47 Å². The van der Waals surface area contributed by atoms with Crippen LogP contribution in [0.25, 0.3) is 0 Å². The number of rotatable bonds is 19. The molecule has 2 radical (unpaired) electrons. The lowest BCUT2D eigenvalue weighted by Gasteiger charge is -2.49. The summed E-state index contributed by atoms with van der Waals surface area (Å²) in [5.74, 6) is 1.61. The molecule has 244 valence electrons. The van der Waals surface area contributed by atoms with E-state index in [9.17, 15) is 5.11 Å². The molecule has 0 atom stereocenters. The van der Waals surface area contributed by atoms with Gasteiger partial charge in [-0.3, -0.25) is 0 Å². The van der Waals surface area contributed by atoms with Gasteiger partial charge in [0.15, 0.2) is 5.75 Å². The smallest absolute Gasteiger partial charge is 0.161 e. The van der Waals surface area contributed by atoms with Crippen LogP contribution >= 0.6 is 7.26 Å². The van der Waals surface area contributed by atoms with Crippen LogP contribution in [0.3, 0.4) is 0 Å². The molecule has 1 aromatic carbocycles. The topological polar surface area (TPSA) is 47.9 Å². The third kappa shape index (κ3) is 10.2. The summed E-state index contributed by atoms with van der Waals surface area (Å²) in [5.41, 5.74) is 2.53. The van der Waals surface area contributed by atoms with Gasteiger partial charge in [0.2, 0.25) is 0 Å². The Morgan fingerprint density at radius 1 is 0.698 bits per heavy atom. The molecule has 0 bridgehead atoms. The maximum Gasteiger partial charge on any atom is 0.161 e. The molecular weight excluding hydrogens is 567 g/mol. The monoisotopic (exact) mass is 631 g/mol. The maximum atomic E-state index is 11.0. The molecule has 0 heterocycles. The molecule has 4 nitrogen and oxygen atoms in total. The normalized spacial score (nSPS) is 19.7. The quantitative estimate of drug-likeness (QED) is 0.0714. The third-order valence-corrected chi connectivity index (χ3v) is 18.3. The van der Waals surface area contributed by atoms with Crippen molar-refractivity contribution in [2.75, 3.05) is 19.8 Å². The number of phenols is 1. The lowest BCUT2D eigenvalue weighted by Crippen LogP contribution is -2.42. The molecule has 0 unspecified atom stereocenters. The zero-order valence-electron chi connectivity index (χ0n) is 27.8. The first-order chi connectivity index (χ1) is 21.2. The van der Waals surface area contributed by atoms with Gasteiger partial charge in [-0.25, -0.2) is 0 Å². The van der Waals surface area contributed by atoms with E-state index in [0.29, 0.717) is 5.75 Å².